The van der Waals surface area contributed by atoms with Crippen LogP contribution in [-0.2, 0) is 0 Å². The molecule has 1 atom stereocenters. The van der Waals surface area contributed by atoms with Gasteiger partial charge in [-0.05, 0) is 43.7 Å². The molecular weight excluding hydrogens is 248 g/mol. The summed E-state index contributed by atoms with van der Waals surface area (Å²) < 4.78 is 5.40. The highest BCUT2D eigenvalue weighted by molar-refractivity contribution is 5.48. The van der Waals surface area contributed by atoms with E-state index in [2.05, 4.69) is 11.4 Å². The largest absolute Gasteiger partial charge is 0.494 e. The van der Waals surface area contributed by atoms with Crippen molar-refractivity contribution in [1.82, 2.24) is 0 Å². The Morgan fingerprint density at radius 2 is 1.75 bits per heavy atom. The Morgan fingerprint density at radius 1 is 1.10 bits per heavy atom. The van der Waals surface area contributed by atoms with Gasteiger partial charge in [-0.3, -0.25) is 0 Å². The molecule has 2 aromatic rings. The molecule has 0 spiro atoms. The van der Waals surface area contributed by atoms with Gasteiger partial charge in [-0.25, -0.2) is 0 Å². The molecule has 0 amide bonds. The lowest BCUT2D eigenvalue weighted by Crippen LogP contribution is -2.08. The molecule has 0 aliphatic rings. The van der Waals surface area contributed by atoms with Crippen LogP contribution in [0.4, 0.5) is 5.69 Å². The number of hydrogen-bond donors (Lipinski definition) is 1. The summed E-state index contributed by atoms with van der Waals surface area (Å²) in [6, 6.07) is 17.5. The average Bonchev–Trinajstić information content (AvgIpc) is 2.48. The SMILES string of the molecule is CCOc1ccc(C(C#N)Nc2ccc(C)cc2)cc1. The van der Waals surface area contributed by atoms with E-state index in [1.165, 1.54) is 5.56 Å². The third-order valence-corrected chi connectivity index (χ3v) is 3.02. The van der Waals surface area contributed by atoms with Crippen molar-refractivity contribution in [3.8, 4) is 11.8 Å². The fourth-order valence-corrected chi connectivity index (χ4v) is 1.93. The molecule has 1 unspecified atom stereocenters. The maximum absolute atomic E-state index is 9.32. The molecule has 0 radical (unpaired) electrons. The van der Waals surface area contributed by atoms with Gasteiger partial charge >= 0.3 is 0 Å². The van der Waals surface area contributed by atoms with Crippen LogP contribution >= 0.6 is 0 Å². The third kappa shape index (κ3) is 3.52. The topological polar surface area (TPSA) is 45.0 Å². The molecular formula is C17H18N2O. The van der Waals surface area contributed by atoms with Crippen molar-refractivity contribution in [3.63, 3.8) is 0 Å². The summed E-state index contributed by atoms with van der Waals surface area (Å²) in [7, 11) is 0. The second-order valence-electron chi connectivity index (χ2n) is 4.57. The lowest BCUT2D eigenvalue weighted by Gasteiger charge is -2.14. The van der Waals surface area contributed by atoms with Crippen LogP contribution in [0.25, 0.3) is 0 Å². The van der Waals surface area contributed by atoms with Crippen LogP contribution in [0.15, 0.2) is 48.5 Å². The Morgan fingerprint density at radius 3 is 2.30 bits per heavy atom. The van der Waals surface area contributed by atoms with E-state index in [9.17, 15) is 5.26 Å². The molecule has 2 aromatic carbocycles. The number of nitrogens with one attached hydrogen (secondary N) is 1. The molecule has 2 rings (SSSR count). The van der Waals surface area contributed by atoms with Crippen molar-refractivity contribution in [2.45, 2.75) is 19.9 Å². The molecule has 0 fully saturated rings. The van der Waals surface area contributed by atoms with Crippen LogP contribution < -0.4 is 10.1 Å². The molecule has 0 aliphatic heterocycles. The first-order valence-corrected chi connectivity index (χ1v) is 6.68. The van der Waals surface area contributed by atoms with Crippen molar-refractivity contribution in [2.24, 2.45) is 0 Å². The first kappa shape index (κ1) is 14.0. The minimum Gasteiger partial charge on any atom is -0.494 e. The van der Waals surface area contributed by atoms with E-state index in [0.29, 0.717) is 6.61 Å². The third-order valence-electron chi connectivity index (χ3n) is 3.02. The summed E-state index contributed by atoms with van der Waals surface area (Å²) >= 11 is 0. The number of nitriles is 1. The number of hydrogen-bond acceptors (Lipinski definition) is 3. The number of anilines is 1. The van der Waals surface area contributed by atoms with Gasteiger partial charge in [0.1, 0.15) is 11.8 Å². The first-order valence-electron chi connectivity index (χ1n) is 6.68. The number of aryl methyl sites for hydroxylation is 1. The summed E-state index contributed by atoms with van der Waals surface area (Å²) in [4.78, 5) is 0. The Kier molecular flexibility index (Phi) is 4.62. The van der Waals surface area contributed by atoms with Gasteiger partial charge in [-0.1, -0.05) is 29.8 Å². The Labute approximate surface area is 119 Å². The van der Waals surface area contributed by atoms with Gasteiger partial charge in [0.05, 0.1) is 12.7 Å². The molecule has 3 heteroatoms. The van der Waals surface area contributed by atoms with Crippen LogP contribution in [0.5, 0.6) is 5.75 Å². The van der Waals surface area contributed by atoms with Crippen LogP contribution in [0.1, 0.15) is 24.1 Å². The summed E-state index contributed by atoms with van der Waals surface area (Å²) in [5, 5.41) is 12.5. The number of rotatable bonds is 5. The zero-order chi connectivity index (χ0) is 14.4. The molecule has 1 N–H and O–H groups in total. The Balaban J connectivity index is 2.11. The second kappa shape index (κ2) is 6.63. The summed E-state index contributed by atoms with van der Waals surface area (Å²) in [6.45, 7) is 4.63. The summed E-state index contributed by atoms with van der Waals surface area (Å²) in [5.41, 5.74) is 3.07. The van der Waals surface area contributed by atoms with Gasteiger partial charge < -0.3 is 10.1 Å². The highest BCUT2D eigenvalue weighted by Gasteiger charge is 2.10. The van der Waals surface area contributed by atoms with Gasteiger partial charge in [-0.2, -0.15) is 5.26 Å². The maximum Gasteiger partial charge on any atom is 0.140 e. The number of ether oxygens (including phenoxy) is 1. The number of nitrogens with zero attached hydrogens (tertiary/aromatic N) is 1. The van der Waals surface area contributed by atoms with E-state index in [1.807, 2.05) is 62.4 Å². The molecule has 102 valence electrons. The standard InChI is InChI=1S/C17H18N2O/c1-3-20-16-10-6-14(7-11-16)17(12-18)19-15-8-4-13(2)5-9-15/h4-11,17,19H,3H2,1-2H3. The molecule has 0 heterocycles. The van der Waals surface area contributed by atoms with Gasteiger partial charge in [-0.15, -0.1) is 0 Å². The molecule has 0 aliphatic carbocycles. The Bertz CT molecular complexity index is 582. The maximum atomic E-state index is 9.32. The van der Waals surface area contributed by atoms with Crippen LogP contribution in [0.3, 0.4) is 0 Å². The van der Waals surface area contributed by atoms with Crippen LogP contribution in [0, 0.1) is 18.3 Å². The van der Waals surface area contributed by atoms with Gasteiger partial charge in [0, 0.05) is 5.69 Å². The van der Waals surface area contributed by atoms with E-state index < -0.39 is 0 Å². The second-order valence-corrected chi connectivity index (χ2v) is 4.57. The molecule has 3 nitrogen and oxygen atoms in total. The van der Waals surface area contributed by atoms with Gasteiger partial charge in [0.2, 0.25) is 0 Å². The monoisotopic (exact) mass is 266 g/mol. The fourth-order valence-electron chi connectivity index (χ4n) is 1.93. The minimum atomic E-state index is -0.367. The summed E-state index contributed by atoms with van der Waals surface area (Å²) in [6.07, 6.45) is 0. The molecule has 20 heavy (non-hydrogen) atoms. The predicted molar refractivity (Wildman–Crippen MR) is 80.8 cm³/mol. The van der Waals surface area contributed by atoms with E-state index in [1.54, 1.807) is 0 Å². The highest BCUT2D eigenvalue weighted by atomic mass is 16.5. The lowest BCUT2D eigenvalue weighted by molar-refractivity contribution is 0.340. The fraction of sp³-hybridized carbons (Fsp3) is 0.235. The smallest absolute Gasteiger partial charge is 0.140 e. The van der Waals surface area contributed by atoms with Crippen molar-refractivity contribution in [1.29, 1.82) is 5.26 Å². The van der Waals surface area contributed by atoms with Crippen LogP contribution in [-0.4, -0.2) is 6.61 Å². The summed E-state index contributed by atoms with van der Waals surface area (Å²) in [5.74, 6) is 0.822. The van der Waals surface area contributed by atoms with Crippen molar-refractivity contribution in [2.75, 3.05) is 11.9 Å². The Hall–Kier alpha value is -2.47. The highest BCUT2D eigenvalue weighted by Crippen LogP contribution is 2.22. The molecule has 0 saturated carbocycles. The zero-order valence-electron chi connectivity index (χ0n) is 11.8. The molecule has 0 bridgehead atoms. The predicted octanol–water partition coefficient (Wildman–Crippen LogP) is 4.07. The number of benzene rings is 2. The molecule has 0 saturated heterocycles. The van der Waals surface area contributed by atoms with Crippen LogP contribution in [0.2, 0.25) is 0 Å². The van der Waals surface area contributed by atoms with Crippen molar-refractivity contribution < 1.29 is 4.74 Å². The van der Waals surface area contributed by atoms with E-state index in [-0.39, 0.29) is 6.04 Å². The van der Waals surface area contributed by atoms with E-state index in [4.69, 9.17) is 4.74 Å². The van der Waals surface area contributed by atoms with Crippen molar-refractivity contribution in [3.05, 3.63) is 59.7 Å². The van der Waals surface area contributed by atoms with Gasteiger partial charge in [0.15, 0.2) is 0 Å². The van der Waals surface area contributed by atoms with Gasteiger partial charge in [0.25, 0.3) is 0 Å². The average molecular weight is 266 g/mol. The van der Waals surface area contributed by atoms with E-state index >= 15 is 0 Å². The lowest BCUT2D eigenvalue weighted by atomic mass is 10.1. The minimum absolute atomic E-state index is 0.367. The first-order chi connectivity index (χ1) is 9.72. The molecule has 0 aromatic heterocycles. The van der Waals surface area contributed by atoms with E-state index in [0.717, 1.165) is 17.0 Å². The zero-order valence-corrected chi connectivity index (χ0v) is 11.8. The normalized spacial score (nSPS) is 11.4. The van der Waals surface area contributed by atoms with Crippen molar-refractivity contribution >= 4 is 5.69 Å². The quantitative estimate of drug-likeness (QED) is 0.887.